The molecular weight excluding hydrogens is 676 g/mol. The molecule has 47 heavy (non-hydrogen) atoms. The molecule has 0 aliphatic heterocycles. The number of ketones is 1. The molecule has 0 bridgehead atoms. The van der Waals surface area contributed by atoms with Gasteiger partial charge in [-0.25, -0.2) is 0 Å². The zero-order valence-corrected chi connectivity index (χ0v) is 31.6. The summed E-state index contributed by atoms with van der Waals surface area (Å²) in [5.74, 6) is 0.580. The van der Waals surface area contributed by atoms with Crippen LogP contribution in [0.5, 0.6) is 5.75 Å². The number of carbonyl (C=O) groups is 2. The molecule has 0 fully saturated rings. The molecular formula is C38H51BrO7Si. The second kappa shape index (κ2) is 17.7. The standard InChI is InChI=1S/C38H51BrO7Si/c1-37(2,3)47(7,8)46-36(34(32(41)23-39)44-26-29-17-13-10-14-18-29)38(4,5)35(45-27-30-19-21-31(42-6)22-20-30)33(24-40)43-25-28-15-11-9-12-16-28/h9-22,24,33-36H,23,25-27H2,1-8H3. The number of rotatable bonds is 19. The van der Waals surface area contributed by atoms with Crippen LogP contribution in [0.4, 0.5) is 0 Å². The van der Waals surface area contributed by atoms with Crippen LogP contribution in [0.15, 0.2) is 84.9 Å². The molecule has 0 N–H and O–H groups in total. The Balaban J connectivity index is 2.09. The zero-order valence-electron chi connectivity index (χ0n) is 29.0. The summed E-state index contributed by atoms with van der Waals surface area (Å²) in [7, 11) is -0.892. The Bertz CT molecular complexity index is 1370. The van der Waals surface area contributed by atoms with E-state index in [1.807, 2.05) is 98.8 Å². The molecule has 4 atom stereocenters. The summed E-state index contributed by atoms with van der Waals surface area (Å²) in [6, 6.07) is 27.0. The second-order valence-electron chi connectivity index (χ2n) is 13.9. The van der Waals surface area contributed by atoms with Gasteiger partial charge in [0.1, 0.15) is 18.0 Å². The number of ether oxygens (including phenoxy) is 4. The molecule has 3 aromatic rings. The van der Waals surface area contributed by atoms with E-state index in [0.717, 1.165) is 28.7 Å². The quantitative estimate of drug-likeness (QED) is 0.0698. The van der Waals surface area contributed by atoms with Gasteiger partial charge in [-0.15, -0.1) is 0 Å². The SMILES string of the molecule is COc1ccc(COC(C(C=O)OCc2ccccc2)C(C)(C)C(O[Si](C)(C)C(C)(C)C)C(OCc2ccccc2)C(=O)CBr)cc1. The first-order chi connectivity index (χ1) is 22.2. The highest BCUT2D eigenvalue weighted by Crippen LogP contribution is 2.44. The number of hydrogen-bond donors (Lipinski definition) is 0. The van der Waals surface area contributed by atoms with Gasteiger partial charge in [-0.05, 0) is 47.0 Å². The molecule has 3 aromatic carbocycles. The number of hydrogen-bond acceptors (Lipinski definition) is 7. The van der Waals surface area contributed by atoms with Gasteiger partial charge in [0, 0.05) is 5.41 Å². The predicted molar refractivity (Wildman–Crippen MR) is 192 cm³/mol. The van der Waals surface area contributed by atoms with Crippen molar-refractivity contribution in [3.8, 4) is 5.75 Å². The molecule has 0 radical (unpaired) electrons. The molecule has 0 aliphatic carbocycles. The van der Waals surface area contributed by atoms with Crippen molar-refractivity contribution in [1.82, 2.24) is 0 Å². The minimum Gasteiger partial charge on any atom is -0.497 e. The van der Waals surface area contributed by atoms with Crippen molar-refractivity contribution in [2.75, 3.05) is 12.4 Å². The number of halogens is 1. The van der Waals surface area contributed by atoms with Gasteiger partial charge in [0.05, 0.1) is 44.5 Å². The van der Waals surface area contributed by atoms with Gasteiger partial charge >= 0.3 is 0 Å². The summed E-state index contributed by atoms with van der Waals surface area (Å²) in [5, 5.41) is -0.0883. The molecule has 0 aromatic heterocycles. The Hall–Kier alpha value is -2.66. The number of Topliss-reactive ketones (excluding diaryl/α,β-unsaturated/α-hetero) is 1. The third-order valence-electron chi connectivity index (χ3n) is 9.00. The van der Waals surface area contributed by atoms with Crippen LogP contribution in [0.3, 0.4) is 0 Å². The average Bonchev–Trinajstić information content (AvgIpc) is 3.06. The first kappa shape index (κ1) is 38.8. The van der Waals surface area contributed by atoms with Gasteiger partial charge in [-0.1, -0.05) is 123 Å². The monoisotopic (exact) mass is 726 g/mol. The summed E-state index contributed by atoms with van der Waals surface area (Å²) in [6.07, 6.45) is -2.72. The molecule has 0 heterocycles. The number of alkyl halides is 1. The predicted octanol–water partition coefficient (Wildman–Crippen LogP) is 8.33. The first-order valence-electron chi connectivity index (χ1n) is 16.0. The highest BCUT2D eigenvalue weighted by Gasteiger charge is 2.52. The van der Waals surface area contributed by atoms with Crippen LogP contribution in [0.2, 0.25) is 18.1 Å². The first-order valence-corrected chi connectivity index (χ1v) is 20.0. The smallest absolute Gasteiger partial charge is 0.192 e. The summed E-state index contributed by atoms with van der Waals surface area (Å²) < 4.78 is 32.0. The molecule has 0 saturated heterocycles. The number of carbonyl (C=O) groups excluding carboxylic acids is 2. The minimum atomic E-state index is -2.51. The van der Waals surface area contributed by atoms with E-state index < -0.39 is 38.1 Å². The van der Waals surface area contributed by atoms with E-state index in [9.17, 15) is 9.59 Å². The van der Waals surface area contributed by atoms with Crippen LogP contribution in [-0.2, 0) is 48.0 Å². The molecule has 9 heteroatoms. The van der Waals surface area contributed by atoms with Crippen LogP contribution < -0.4 is 4.74 Å². The van der Waals surface area contributed by atoms with Gasteiger partial charge < -0.3 is 28.2 Å². The van der Waals surface area contributed by atoms with Crippen molar-refractivity contribution in [3.63, 3.8) is 0 Å². The second-order valence-corrected chi connectivity index (χ2v) is 19.2. The summed E-state index contributed by atoms with van der Waals surface area (Å²) in [5.41, 5.74) is 1.81. The molecule has 0 spiro atoms. The number of methoxy groups -OCH3 is 1. The van der Waals surface area contributed by atoms with E-state index in [1.165, 1.54) is 0 Å². The Morgan fingerprint density at radius 1 is 0.745 bits per heavy atom. The van der Waals surface area contributed by atoms with Gasteiger partial charge in [0.15, 0.2) is 20.4 Å². The van der Waals surface area contributed by atoms with Gasteiger partial charge in [-0.2, -0.15) is 0 Å². The number of benzene rings is 3. The Kier molecular flexibility index (Phi) is 14.6. The van der Waals surface area contributed by atoms with Crippen LogP contribution in [-0.4, -0.2) is 57.2 Å². The van der Waals surface area contributed by atoms with Gasteiger partial charge in [0.2, 0.25) is 0 Å². The molecule has 0 saturated carbocycles. The van der Waals surface area contributed by atoms with E-state index in [1.54, 1.807) is 7.11 Å². The normalized spacial score (nSPS) is 15.0. The van der Waals surface area contributed by atoms with E-state index >= 15 is 0 Å². The fourth-order valence-electron chi connectivity index (χ4n) is 5.05. The van der Waals surface area contributed by atoms with E-state index in [0.29, 0.717) is 0 Å². The van der Waals surface area contributed by atoms with E-state index in [-0.39, 0.29) is 36.0 Å². The highest BCUT2D eigenvalue weighted by atomic mass is 79.9. The van der Waals surface area contributed by atoms with Gasteiger partial charge in [-0.3, -0.25) is 4.79 Å². The molecule has 7 nitrogen and oxygen atoms in total. The minimum absolute atomic E-state index is 0.0822. The Morgan fingerprint density at radius 2 is 1.23 bits per heavy atom. The molecule has 256 valence electrons. The Morgan fingerprint density at radius 3 is 1.70 bits per heavy atom. The summed E-state index contributed by atoms with van der Waals surface area (Å²) >= 11 is 3.40. The molecule has 0 amide bonds. The third-order valence-corrected chi connectivity index (χ3v) is 14.0. The van der Waals surface area contributed by atoms with Gasteiger partial charge in [0.25, 0.3) is 0 Å². The summed E-state index contributed by atoms with van der Waals surface area (Å²) in [4.78, 5) is 26.7. The molecule has 4 unspecified atom stereocenters. The van der Waals surface area contributed by atoms with Crippen LogP contribution in [0, 0.1) is 5.41 Å². The van der Waals surface area contributed by atoms with E-state index in [4.69, 9.17) is 23.4 Å². The largest absolute Gasteiger partial charge is 0.497 e. The lowest BCUT2D eigenvalue weighted by molar-refractivity contribution is -0.183. The highest BCUT2D eigenvalue weighted by molar-refractivity contribution is 9.09. The Labute approximate surface area is 290 Å². The maximum Gasteiger partial charge on any atom is 0.192 e. The van der Waals surface area contributed by atoms with E-state index in [2.05, 4.69) is 49.8 Å². The van der Waals surface area contributed by atoms with Crippen molar-refractivity contribution in [2.24, 2.45) is 5.41 Å². The van der Waals surface area contributed by atoms with Crippen LogP contribution >= 0.6 is 15.9 Å². The van der Waals surface area contributed by atoms with Crippen molar-refractivity contribution in [3.05, 3.63) is 102 Å². The lowest BCUT2D eigenvalue weighted by Crippen LogP contribution is -2.60. The third kappa shape index (κ3) is 10.9. The molecule has 0 aliphatic rings. The topological polar surface area (TPSA) is 80.3 Å². The maximum atomic E-state index is 13.8. The van der Waals surface area contributed by atoms with Crippen molar-refractivity contribution in [1.29, 1.82) is 0 Å². The summed E-state index contributed by atoms with van der Waals surface area (Å²) in [6.45, 7) is 15.4. The molecule has 3 rings (SSSR count). The van der Waals surface area contributed by atoms with Crippen molar-refractivity contribution < 1.29 is 33.0 Å². The fraction of sp³-hybridized carbons (Fsp3) is 0.474. The fourth-order valence-corrected chi connectivity index (χ4v) is 6.79. The lowest BCUT2D eigenvalue weighted by Gasteiger charge is -2.49. The lowest BCUT2D eigenvalue weighted by atomic mass is 9.75. The average molecular weight is 728 g/mol. The van der Waals surface area contributed by atoms with Crippen molar-refractivity contribution in [2.45, 2.75) is 97.0 Å². The van der Waals surface area contributed by atoms with Crippen LogP contribution in [0.25, 0.3) is 0 Å². The maximum absolute atomic E-state index is 13.8. The number of aldehydes is 1. The van der Waals surface area contributed by atoms with Crippen molar-refractivity contribution >= 4 is 36.3 Å². The van der Waals surface area contributed by atoms with Crippen LogP contribution in [0.1, 0.15) is 51.3 Å². The zero-order chi connectivity index (χ0) is 34.7.